The van der Waals surface area contributed by atoms with E-state index in [1.807, 2.05) is 18.2 Å². The van der Waals surface area contributed by atoms with Crippen LogP contribution < -0.4 is 9.64 Å². The molecular formula is C23H24FNO3. The SMILES string of the molecule is O=C1CCCc2c(OCCCC(=O)N3CCCc4cc(F)ccc43)cccc21. The van der Waals surface area contributed by atoms with Gasteiger partial charge in [0.25, 0.3) is 0 Å². The first-order valence-electron chi connectivity index (χ1n) is 10.00. The molecule has 0 saturated carbocycles. The normalized spacial score (nSPS) is 15.8. The van der Waals surface area contributed by atoms with Gasteiger partial charge in [0, 0.05) is 36.2 Å². The van der Waals surface area contributed by atoms with E-state index < -0.39 is 0 Å². The van der Waals surface area contributed by atoms with Gasteiger partial charge in [-0.3, -0.25) is 9.59 Å². The van der Waals surface area contributed by atoms with E-state index in [1.165, 1.54) is 12.1 Å². The van der Waals surface area contributed by atoms with Gasteiger partial charge in [-0.1, -0.05) is 12.1 Å². The number of hydrogen-bond donors (Lipinski definition) is 0. The number of nitrogens with zero attached hydrogens (tertiary/aromatic N) is 1. The summed E-state index contributed by atoms with van der Waals surface area (Å²) in [7, 11) is 0. The molecule has 4 nitrogen and oxygen atoms in total. The first kappa shape index (κ1) is 18.7. The summed E-state index contributed by atoms with van der Waals surface area (Å²) >= 11 is 0. The number of carbonyl (C=O) groups is 2. The van der Waals surface area contributed by atoms with Crippen LogP contribution in [0, 0.1) is 5.82 Å². The number of anilines is 1. The third kappa shape index (κ3) is 3.79. The Hall–Kier alpha value is -2.69. The molecule has 1 amide bonds. The Labute approximate surface area is 164 Å². The fourth-order valence-electron chi connectivity index (χ4n) is 4.15. The highest BCUT2D eigenvalue weighted by atomic mass is 19.1. The summed E-state index contributed by atoms with van der Waals surface area (Å²) in [6.07, 6.45) is 4.96. The number of fused-ring (bicyclic) bond motifs is 2. The van der Waals surface area contributed by atoms with E-state index in [9.17, 15) is 14.0 Å². The lowest BCUT2D eigenvalue weighted by atomic mass is 9.90. The summed E-state index contributed by atoms with van der Waals surface area (Å²) in [4.78, 5) is 26.5. The molecule has 2 aromatic carbocycles. The van der Waals surface area contributed by atoms with Gasteiger partial charge in [-0.2, -0.15) is 0 Å². The van der Waals surface area contributed by atoms with E-state index in [4.69, 9.17) is 4.74 Å². The number of aryl methyl sites for hydroxylation is 1. The molecular weight excluding hydrogens is 357 g/mol. The van der Waals surface area contributed by atoms with Gasteiger partial charge in [0.05, 0.1) is 6.61 Å². The molecule has 0 radical (unpaired) electrons. The molecule has 0 atom stereocenters. The zero-order chi connectivity index (χ0) is 19.5. The predicted molar refractivity (Wildman–Crippen MR) is 106 cm³/mol. The Morgan fingerprint density at radius 3 is 2.89 bits per heavy atom. The van der Waals surface area contributed by atoms with Crippen molar-refractivity contribution < 1.29 is 18.7 Å². The molecule has 1 aliphatic carbocycles. The number of ketones is 1. The van der Waals surface area contributed by atoms with Crippen LogP contribution in [-0.2, 0) is 17.6 Å². The lowest BCUT2D eigenvalue weighted by molar-refractivity contribution is -0.118. The minimum atomic E-state index is -0.258. The molecule has 2 aromatic rings. The van der Waals surface area contributed by atoms with Gasteiger partial charge in [0.2, 0.25) is 5.91 Å². The first-order chi connectivity index (χ1) is 13.6. The van der Waals surface area contributed by atoms with Crippen LogP contribution in [0.25, 0.3) is 0 Å². The maximum Gasteiger partial charge on any atom is 0.227 e. The van der Waals surface area contributed by atoms with E-state index in [1.54, 1.807) is 11.0 Å². The van der Waals surface area contributed by atoms with Crippen LogP contribution in [0.1, 0.15) is 53.6 Å². The van der Waals surface area contributed by atoms with Gasteiger partial charge in [0.1, 0.15) is 11.6 Å². The Bertz CT molecular complexity index is 909. The Kier molecular flexibility index (Phi) is 5.42. The van der Waals surface area contributed by atoms with Crippen molar-refractivity contribution in [1.82, 2.24) is 0 Å². The van der Waals surface area contributed by atoms with Crippen LogP contribution >= 0.6 is 0 Å². The van der Waals surface area contributed by atoms with E-state index in [2.05, 4.69) is 0 Å². The number of ether oxygens (including phenoxy) is 1. The highest BCUT2D eigenvalue weighted by Crippen LogP contribution is 2.30. The maximum absolute atomic E-state index is 13.4. The number of halogens is 1. The van der Waals surface area contributed by atoms with Crippen LogP contribution in [0.5, 0.6) is 5.75 Å². The predicted octanol–water partition coefficient (Wildman–Crippen LogP) is 4.48. The van der Waals surface area contributed by atoms with Crippen molar-refractivity contribution in [1.29, 1.82) is 0 Å². The summed E-state index contributed by atoms with van der Waals surface area (Å²) in [6.45, 7) is 1.10. The van der Waals surface area contributed by atoms with E-state index >= 15 is 0 Å². The highest BCUT2D eigenvalue weighted by Gasteiger charge is 2.23. The van der Waals surface area contributed by atoms with Gasteiger partial charge in [-0.25, -0.2) is 4.39 Å². The quantitative estimate of drug-likeness (QED) is 0.717. The topological polar surface area (TPSA) is 46.6 Å². The largest absolute Gasteiger partial charge is 0.493 e. The van der Waals surface area contributed by atoms with Gasteiger partial charge in [0.15, 0.2) is 5.78 Å². The van der Waals surface area contributed by atoms with E-state index in [0.29, 0.717) is 32.4 Å². The van der Waals surface area contributed by atoms with Crippen molar-refractivity contribution in [2.45, 2.75) is 44.9 Å². The van der Waals surface area contributed by atoms with Crippen molar-refractivity contribution in [3.8, 4) is 5.75 Å². The standard InChI is InChI=1S/C23H24FNO3/c24-17-11-12-20-16(15-17)5-3-13-25(20)23(27)10-4-14-28-22-9-2-6-18-19(22)7-1-8-21(18)26/h2,6,9,11-12,15H,1,3-5,7-8,10,13-14H2. The molecule has 0 saturated heterocycles. The molecule has 1 aliphatic heterocycles. The van der Waals surface area contributed by atoms with Crippen LogP contribution in [0.3, 0.4) is 0 Å². The Morgan fingerprint density at radius 2 is 2.00 bits per heavy atom. The van der Waals surface area contributed by atoms with E-state index in [0.717, 1.165) is 53.8 Å². The number of hydrogen-bond acceptors (Lipinski definition) is 3. The Balaban J connectivity index is 1.34. The van der Waals surface area contributed by atoms with Crippen molar-refractivity contribution >= 4 is 17.4 Å². The smallest absolute Gasteiger partial charge is 0.227 e. The van der Waals surface area contributed by atoms with Crippen molar-refractivity contribution in [3.05, 3.63) is 58.9 Å². The number of rotatable bonds is 5. The van der Waals surface area contributed by atoms with Gasteiger partial charge >= 0.3 is 0 Å². The third-order valence-corrected chi connectivity index (χ3v) is 5.52. The van der Waals surface area contributed by atoms with Crippen molar-refractivity contribution in [2.75, 3.05) is 18.1 Å². The van der Waals surface area contributed by atoms with Gasteiger partial charge in [-0.05, 0) is 61.9 Å². The number of carbonyl (C=O) groups excluding carboxylic acids is 2. The monoisotopic (exact) mass is 381 g/mol. The molecule has 0 fully saturated rings. The molecule has 0 bridgehead atoms. The fraction of sp³-hybridized carbons (Fsp3) is 0.391. The van der Waals surface area contributed by atoms with E-state index in [-0.39, 0.29) is 17.5 Å². The molecule has 4 rings (SSSR count). The summed E-state index contributed by atoms with van der Waals surface area (Å²) in [5, 5.41) is 0. The summed E-state index contributed by atoms with van der Waals surface area (Å²) < 4.78 is 19.3. The molecule has 0 spiro atoms. The average Bonchev–Trinajstić information content (AvgIpc) is 2.71. The maximum atomic E-state index is 13.4. The lowest BCUT2D eigenvalue weighted by Gasteiger charge is -2.29. The minimum Gasteiger partial charge on any atom is -0.493 e. The first-order valence-corrected chi connectivity index (χ1v) is 10.00. The summed E-state index contributed by atoms with van der Waals surface area (Å²) in [6, 6.07) is 10.3. The van der Waals surface area contributed by atoms with Crippen LogP contribution in [-0.4, -0.2) is 24.8 Å². The molecule has 146 valence electrons. The molecule has 28 heavy (non-hydrogen) atoms. The van der Waals surface area contributed by atoms with Crippen LogP contribution in [0.15, 0.2) is 36.4 Å². The van der Waals surface area contributed by atoms with Gasteiger partial charge in [-0.15, -0.1) is 0 Å². The van der Waals surface area contributed by atoms with Crippen molar-refractivity contribution in [3.63, 3.8) is 0 Å². The summed E-state index contributed by atoms with van der Waals surface area (Å²) in [5.41, 5.74) is 3.50. The van der Waals surface area contributed by atoms with Crippen molar-refractivity contribution in [2.24, 2.45) is 0 Å². The molecule has 1 heterocycles. The van der Waals surface area contributed by atoms with Gasteiger partial charge < -0.3 is 9.64 Å². The lowest BCUT2D eigenvalue weighted by Crippen LogP contribution is -2.35. The minimum absolute atomic E-state index is 0.0430. The number of benzene rings is 2. The zero-order valence-corrected chi connectivity index (χ0v) is 15.9. The number of Topliss-reactive ketones (excluding diaryl/α,β-unsaturated/α-hetero) is 1. The second-order valence-electron chi connectivity index (χ2n) is 7.43. The second-order valence-corrected chi connectivity index (χ2v) is 7.43. The molecule has 2 aliphatic rings. The number of amides is 1. The second kappa shape index (κ2) is 8.13. The zero-order valence-electron chi connectivity index (χ0n) is 15.9. The third-order valence-electron chi connectivity index (χ3n) is 5.52. The highest BCUT2D eigenvalue weighted by molar-refractivity contribution is 5.99. The fourth-order valence-corrected chi connectivity index (χ4v) is 4.15. The van der Waals surface area contributed by atoms with Crippen LogP contribution in [0.2, 0.25) is 0 Å². The van der Waals surface area contributed by atoms with Crippen LogP contribution in [0.4, 0.5) is 10.1 Å². The molecule has 0 unspecified atom stereocenters. The molecule has 5 heteroatoms. The summed E-state index contributed by atoms with van der Waals surface area (Å²) in [5.74, 6) is 0.728. The average molecular weight is 381 g/mol. The molecule has 0 N–H and O–H groups in total. The Morgan fingerprint density at radius 1 is 1.11 bits per heavy atom. The molecule has 0 aromatic heterocycles.